The first-order valence-corrected chi connectivity index (χ1v) is 11.1. The van der Waals surface area contributed by atoms with E-state index in [4.69, 9.17) is 9.47 Å². The van der Waals surface area contributed by atoms with Gasteiger partial charge in [0, 0.05) is 12.5 Å². The molecular formula is C26H28N2O7. The summed E-state index contributed by atoms with van der Waals surface area (Å²) in [5.41, 5.74) is 2.67. The first-order chi connectivity index (χ1) is 16.9. The predicted molar refractivity (Wildman–Crippen MR) is 126 cm³/mol. The zero-order chi connectivity index (χ0) is 25.2. The second-order valence-corrected chi connectivity index (χ2v) is 7.90. The molecule has 2 aromatic rings. The maximum atomic E-state index is 13.3. The van der Waals surface area contributed by atoms with Gasteiger partial charge in [-0.1, -0.05) is 60.7 Å². The van der Waals surface area contributed by atoms with Gasteiger partial charge >= 0.3 is 18.0 Å². The fourth-order valence-electron chi connectivity index (χ4n) is 3.74. The van der Waals surface area contributed by atoms with E-state index in [1.54, 1.807) is 0 Å². The van der Waals surface area contributed by atoms with Crippen LogP contribution in [-0.2, 0) is 48.2 Å². The first-order valence-electron chi connectivity index (χ1n) is 11.1. The molecule has 1 aliphatic heterocycles. The van der Waals surface area contributed by atoms with Gasteiger partial charge in [0.2, 0.25) is 5.91 Å². The van der Waals surface area contributed by atoms with Crippen molar-refractivity contribution in [3.63, 3.8) is 0 Å². The third-order valence-electron chi connectivity index (χ3n) is 5.62. The van der Waals surface area contributed by atoms with Crippen molar-refractivity contribution >= 4 is 23.9 Å². The molecule has 2 amide bonds. The Morgan fingerprint density at radius 1 is 1.00 bits per heavy atom. The van der Waals surface area contributed by atoms with E-state index >= 15 is 0 Å². The molecule has 0 unspecified atom stereocenters. The molecule has 1 heterocycles. The first kappa shape index (κ1) is 25.5. The number of carbonyl (C=O) groups excluding carboxylic acids is 4. The largest absolute Gasteiger partial charge is 0.467 e. The van der Waals surface area contributed by atoms with Crippen LogP contribution in [0.15, 0.2) is 66.7 Å². The smallest absolute Gasteiger partial charge is 0.411 e. The summed E-state index contributed by atoms with van der Waals surface area (Å²) in [6.45, 7) is 0.252. The molecule has 9 nitrogen and oxygen atoms in total. The second-order valence-electron chi connectivity index (χ2n) is 7.90. The van der Waals surface area contributed by atoms with Crippen LogP contribution < -0.4 is 5.32 Å². The number of fused-ring (bicyclic) bond motifs is 1. The average molecular weight is 481 g/mol. The van der Waals surface area contributed by atoms with Crippen molar-refractivity contribution < 1.29 is 33.4 Å². The third kappa shape index (κ3) is 6.92. The van der Waals surface area contributed by atoms with E-state index in [9.17, 15) is 19.2 Å². The number of rotatable bonds is 8. The van der Waals surface area contributed by atoms with Crippen molar-refractivity contribution in [3.8, 4) is 0 Å². The number of amides is 2. The SMILES string of the molecule is COC(=O)/C=C/C[C@H](NC(=O)[C@@H]1Cc2ccccc2CN1C(=O)OCc1ccccc1)C(=O)OC. The summed E-state index contributed by atoms with van der Waals surface area (Å²) in [7, 11) is 2.44. The minimum Gasteiger partial charge on any atom is -0.467 e. The van der Waals surface area contributed by atoms with Gasteiger partial charge in [-0.05, 0) is 23.1 Å². The van der Waals surface area contributed by atoms with Crippen LogP contribution in [0.4, 0.5) is 4.79 Å². The molecule has 1 N–H and O–H groups in total. The van der Waals surface area contributed by atoms with Gasteiger partial charge < -0.3 is 19.5 Å². The van der Waals surface area contributed by atoms with E-state index in [1.165, 1.54) is 25.2 Å². The van der Waals surface area contributed by atoms with E-state index < -0.39 is 36.0 Å². The molecule has 3 rings (SSSR count). The summed E-state index contributed by atoms with van der Waals surface area (Å²) in [5.74, 6) is -1.79. The van der Waals surface area contributed by atoms with E-state index in [2.05, 4.69) is 10.1 Å². The van der Waals surface area contributed by atoms with E-state index in [0.717, 1.165) is 22.8 Å². The normalized spacial score (nSPS) is 15.6. The number of methoxy groups -OCH3 is 2. The van der Waals surface area contributed by atoms with Gasteiger partial charge in [0.05, 0.1) is 20.8 Å². The van der Waals surface area contributed by atoms with Gasteiger partial charge in [-0.25, -0.2) is 14.4 Å². The summed E-state index contributed by atoms with van der Waals surface area (Å²) < 4.78 is 14.8. The Morgan fingerprint density at radius 3 is 2.37 bits per heavy atom. The summed E-state index contributed by atoms with van der Waals surface area (Å²) in [6, 6.07) is 14.8. The van der Waals surface area contributed by atoms with E-state index in [1.807, 2.05) is 54.6 Å². The Kier molecular flexibility index (Phi) is 9.00. The number of benzene rings is 2. The van der Waals surface area contributed by atoms with Gasteiger partial charge in [-0.2, -0.15) is 0 Å². The Morgan fingerprint density at radius 2 is 1.69 bits per heavy atom. The number of nitrogens with one attached hydrogen (secondary N) is 1. The summed E-state index contributed by atoms with van der Waals surface area (Å²) >= 11 is 0. The van der Waals surface area contributed by atoms with Crippen molar-refractivity contribution in [3.05, 3.63) is 83.4 Å². The lowest BCUT2D eigenvalue weighted by Crippen LogP contribution is -2.55. The van der Waals surface area contributed by atoms with E-state index in [-0.39, 0.29) is 26.0 Å². The van der Waals surface area contributed by atoms with Gasteiger partial charge in [0.1, 0.15) is 18.7 Å². The molecule has 0 aromatic heterocycles. The van der Waals surface area contributed by atoms with Crippen LogP contribution in [0.5, 0.6) is 0 Å². The Labute approximate surface area is 203 Å². The van der Waals surface area contributed by atoms with Crippen molar-refractivity contribution in [2.75, 3.05) is 14.2 Å². The van der Waals surface area contributed by atoms with Gasteiger partial charge in [0.25, 0.3) is 0 Å². The quantitative estimate of drug-likeness (QED) is 0.351. The predicted octanol–water partition coefficient (Wildman–Crippen LogP) is 2.53. The van der Waals surface area contributed by atoms with Crippen LogP contribution in [0.1, 0.15) is 23.1 Å². The van der Waals surface area contributed by atoms with Crippen LogP contribution in [-0.4, -0.2) is 55.1 Å². The molecule has 0 saturated heterocycles. The molecule has 9 heteroatoms. The van der Waals surface area contributed by atoms with Crippen molar-refractivity contribution in [2.24, 2.45) is 0 Å². The minimum atomic E-state index is -1.05. The summed E-state index contributed by atoms with van der Waals surface area (Å²) in [6.07, 6.45) is 2.20. The highest BCUT2D eigenvalue weighted by molar-refractivity contribution is 5.90. The molecule has 0 fully saturated rings. The van der Waals surface area contributed by atoms with Crippen LogP contribution >= 0.6 is 0 Å². The lowest BCUT2D eigenvalue weighted by molar-refractivity contribution is -0.145. The number of nitrogens with zero attached hydrogens (tertiary/aromatic N) is 1. The Balaban J connectivity index is 1.77. The molecule has 184 valence electrons. The van der Waals surface area contributed by atoms with Crippen LogP contribution in [0, 0.1) is 0 Å². The molecule has 0 bridgehead atoms. The highest BCUT2D eigenvalue weighted by atomic mass is 16.6. The molecule has 1 aliphatic rings. The standard InChI is InChI=1S/C26H28N2O7/c1-33-23(29)14-8-13-21(25(31)34-2)27-24(30)22-15-19-11-6-7-12-20(19)16-28(22)26(32)35-17-18-9-4-3-5-10-18/h3-12,14,21-22H,13,15-17H2,1-2H3,(H,27,30)/b14-8+/t21-,22-/m0/s1. The van der Waals surface area contributed by atoms with Crippen LogP contribution in [0.3, 0.4) is 0 Å². The zero-order valence-electron chi connectivity index (χ0n) is 19.6. The summed E-state index contributed by atoms with van der Waals surface area (Å²) in [4.78, 5) is 51.3. The van der Waals surface area contributed by atoms with Crippen molar-refractivity contribution in [1.29, 1.82) is 0 Å². The molecular weight excluding hydrogens is 452 g/mol. The van der Waals surface area contributed by atoms with Crippen molar-refractivity contribution in [2.45, 2.75) is 38.1 Å². The maximum absolute atomic E-state index is 13.3. The lowest BCUT2D eigenvalue weighted by atomic mass is 9.93. The fourth-order valence-corrected chi connectivity index (χ4v) is 3.74. The Bertz CT molecular complexity index is 1080. The van der Waals surface area contributed by atoms with Crippen LogP contribution in [0.2, 0.25) is 0 Å². The fraction of sp³-hybridized carbons (Fsp3) is 0.308. The average Bonchev–Trinajstić information content (AvgIpc) is 2.90. The number of hydrogen-bond acceptors (Lipinski definition) is 7. The lowest BCUT2D eigenvalue weighted by Gasteiger charge is -2.35. The second kappa shape index (κ2) is 12.4. The summed E-state index contributed by atoms with van der Waals surface area (Å²) in [5, 5.41) is 2.65. The number of carbonyl (C=O) groups is 4. The number of ether oxygens (including phenoxy) is 3. The van der Waals surface area contributed by atoms with Gasteiger partial charge in [-0.15, -0.1) is 0 Å². The molecule has 2 aromatic carbocycles. The molecule has 2 atom stereocenters. The van der Waals surface area contributed by atoms with E-state index in [0.29, 0.717) is 0 Å². The van der Waals surface area contributed by atoms with Gasteiger partial charge in [0.15, 0.2) is 0 Å². The minimum absolute atomic E-state index is 0.00920. The Hall–Kier alpha value is -4.14. The topological polar surface area (TPSA) is 111 Å². The monoisotopic (exact) mass is 480 g/mol. The van der Waals surface area contributed by atoms with Gasteiger partial charge in [-0.3, -0.25) is 9.69 Å². The third-order valence-corrected chi connectivity index (χ3v) is 5.62. The molecule has 35 heavy (non-hydrogen) atoms. The molecule has 0 radical (unpaired) electrons. The molecule has 0 spiro atoms. The molecule has 0 aliphatic carbocycles. The maximum Gasteiger partial charge on any atom is 0.411 e. The molecule has 0 saturated carbocycles. The highest BCUT2D eigenvalue weighted by Gasteiger charge is 2.37. The van der Waals surface area contributed by atoms with Crippen LogP contribution in [0.25, 0.3) is 0 Å². The van der Waals surface area contributed by atoms with Crippen molar-refractivity contribution in [1.82, 2.24) is 10.2 Å². The number of hydrogen-bond donors (Lipinski definition) is 1. The number of esters is 2. The highest BCUT2D eigenvalue weighted by Crippen LogP contribution is 2.25. The zero-order valence-corrected chi connectivity index (χ0v) is 19.6.